The van der Waals surface area contributed by atoms with Gasteiger partial charge in [-0.2, -0.15) is 5.10 Å². The number of benzene rings is 3. The summed E-state index contributed by atoms with van der Waals surface area (Å²) in [6, 6.07) is 21.0. The molecule has 0 unspecified atom stereocenters. The van der Waals surface area contributed by atoms with Crippen LogP contribution in [0.2, 0.25) is 0 Å². The third kappa shape index (κ3) is 6.81. The van der Waals surface area contributed by atoms with E-state index in [4.69, 9.17) is 14.2 Å². The van der Waals surface area contributed by atoms with Crippen molar-refractivity contribution in [1.29, 1.82) is 0 Å². The predicted molar refractivity (Wildman–Crippen MR) is 127 cm³/mol. The van der Waals surface area contributed by atoms with Crippen molar-refractivity contribution >= 4 is 29.6 Å². The Bertz CT molecular complexity index is 1230. The van der Waals surface area contributed by atoms with Gasteiger partial charge in [-0.1, -0.05) is 24.3 Å². The Morgan fingerprint density at radius 3 is 2.49 bits per heavy atom. The highest BCUT2D eigenvalue weighted by Crippen LogP contribution is 2.32. The first-order valence-electron chi connectivity index (χ1n) is 10.6. The molecule has 1 aliphatic heterocycles. The number of anilines is 1. The molecule has 0 radical (unpaired) electrons. The molecule has 0 aliphatic carbocycles. The molecule has 0 bridgehead atoms. The van der Waals surface area contributed by atoms with Gasteiger partial charge in [-0.15, -0.1) is 0 Å². The van der Waals surface area contributed by atoms with Crippen LogP contribution in [0.1, 0.15) is 11.1 Å². The Morgan fingerprint density at radius 2 is 1.69 bits per heavy atom. The van der Waals surface area contributed by atoms with E-state index in [0.717, 1.165) is 5.56 Å². The van der Waals surface area contributed by atoms with E-state index in [1.807, 2.05) is 18.2 Å². The maximum absolute atomic E-state index is 12.0. The molecule has 3 N–H and O–H groups in total. The Labute approximate surface area is 200 Å². The minimum atomic E-state index is -0.897. The first-order chi connectivity index (χ1) is 17.1. The zero-order chi connectivity index (χ0) is 24.5. The van der Waals surface area contributed by atoms with Crippen LogP contribution in [0, 0.1) is 0 Å². The number of carbonyl (C=O) groups excluding carboxylic acids is 3. The first kappa shape index (κ1) is 23.3. The average molecular weight is 474 g/mol. The van der Waals surface area contributed by atoms with Crippen molar-refractivity contribution in [1.82, 2.24) is 10.7 Å². The van der Waals surface area contributed by atoms with Gasteiger partial charge in [-0.05, 0) is 59.7 Å². The molecule has 3 amide bonds. The quantitative estimate of drug-likeness (QED) is 0.261. The molecule has 0 atom stereocenters. The van der Waals surface area contributed by atoms with Gasteiger partial charge in [0.15, 0.2) is 18.1 Å². The van der Waals surface area contributed by atoms with Crippen LogP contribution in [0.3, 0.4) is 0 Å². The number of hydrogen-bond acceptors (Lipinski definition) is 7. The predicted octanol–water partition coefficient (Wildman–Crippen LogP) is 2.20. The van der Waals surface area contributed by atoms with Crippen molar-refractivity contribution in [3.05, 3.63) is 83.9 Å². The van der Waals surface area contributed by atoms with Crippen LogP contribution in [0.25, 0.3) is 0 Å². The molecule has 0 saturated carbocycles. The van der Waals surface area contributed by atoms with Gasteiger partial charge >= 0.3 is 11.8 Å². The molecular formula is C25H22N4O6. The smallest absolute Gasteiger partial charge is 0.329 e. The van der Waals surface area contributed by atoms with Crippen molar-refractivity contribution < 1.29 is 28.6 Å². The van der Waals surface area contributed by atoms with E-state index in [2.05, 4.69) is 21.2 Å². The lowest BCUT2D eigenvalue weighted by Gasteiger charge is -2.07. The molecule has 10 nitrogen and oxygen atoms in total. The lowest BCUT2D eigenvalue weighted by atomic mass is 10.2. The van der Waals surface area contributed by atoms with Gasteiger partial charge < -0.3 is 24.8 Å². The topological polar surface area (TPSA) is 127 Å². The SMILES string of the molecule is O=C(COc1ccc(/C=N\NC(=O)C(=O)NCc2ccc3c(c2)OCO3)cc1)Nc1ccccc1. The van der Waals surface area contributed by atoms with E-state index >= 15 is 0 Å². The molecule has 0 saturated heterocycles. The number of amides is 3. The molecule has 0 fully saturated rings. The van der Waals surface area contributed by atoms with Gasteiger partial charge in [0.25, 0.3) is 5.91 Å². The minimum absolute atomic E-state index is 0.139. The van der Waals surface area contributed by atoms with Crippen molar-refractivity contribution in [2.24, 2.45) is 5.10 Å². The fourth-order valence-corrected chi connectivity index (χ4v) is 3.05. The molecule has 0 spiro atoms. The molecule has 10 heteroatoms. The van der Waals surface area contributed by atoms with Gasteiger partial charge in [-0.3, -0.25) is 14.4 Å². The molecule has 1 aliphatic rings. The van der Waals surface area contributed by atoms with Gasteiger partial charge in [0.2, 0.25) is 6.79 Å². The molecule has 0 aromatic heterocycles. The van der Waals surface area contributed by atoms with Gasteiger partial charge in [0, 0.05) is 12.2 Å². The van der Waals surface area contributed by atoms with Crippen LogP contribution in [-0.2, 0) is 20.9 Å². The third-order valence-electron chi connectivity index (χ3n) is 4.78. The molecule has 4 rings (SSSR count). The third-order valence-corrected chi connectivity index (χ3v) is 4.78. The number of carbonyl (C=O) groups is 3. The van der Waals surface area contributed by atoms with Crippen LogP contribution < -0.4 is 30.3 Å². The van der Waals surface area contributed by atoms with Crippen LogP contribution in [0.4, 0.5) is 5.69 Å². The summed E-state index contributed by atoms with van der Waals surface area (Å²) < 4.78 is 16.0. The lowest BCUT2D eigenvalue weighted by molar-refractivity contribution is -0.139. The van der Waals surface area contributed by atoms with E-state index in [9.17, 15) is 14.4 Å². The number of para-hydroxylation sites is 1. The number of nitrogens with one attached hydrogen (secondary N) is 3. The van der Waals surface area contributed by atoms with Gasteiger partial charge in [0.1, 0.15) is 5.75 Å². The average Bonchev–Trinajstić information content (AvgIpc) is 3.35. The fourth-order valence-electron chi connectivity index (χ4n) is 3.05. The standard InChI is InChI=1S/C25H22N4O6/c30-23(28-19-4-2-1-3-5-19)15-33-20-9-6-17(7-10-20)14-27-29-25(32)24(31)26-13-18-8-11-21-22(12-18)35-16-34-21/h1-12,14H,13,15-16H2,(H,26,31)(H,28,30)(H,29,32)/b27-14-. The zero-order valence-corrected chi connectivity index (χ0v) is 18.5. The summed E-state index contributed by atoms with van der Waals surface area (Å²) in [5, 5.41) is 9.03. The highest BCUT2D eigenvalue weighted by Gasteiger charge is 2.15. The Balaban J connectivity index is 1.17. The summed E-state index contributed by atoms with van der Waals surface area (Å²) in [5.74, 6) is -0.264. The molecule has 3 aromatic carbocycles. The number of ether oxygens (including phenoxy) is 3. The molecule has 1 heterocycles. The summed E-state index contributed by atoms with van der Waals surface area (Å²) in [7, 11) is 0. The van der Waals surface area contributed by atoms with E-state index in [1.54, 1.807) is 54.6 Å². The Kier molecular flexibility index (Phi) is 7.54. The monoisotopic (exact) mass is 474 g/mol. The summed E-state index contributed by atoms with van der Waals surface area (Å²) in [6.07, 6.45) is 1.38. The van der Waals surface area contributed by atoms with Gasteiger partial charge in [-0.25, -0.2) is 5.43 Å². The molecule has 35 heavy (non-hydrogen) atoms. The second-order valence-electron chi connectivity index (χ2n) is 7.34. The minimum Gasteiger partial charge on any atom is -0.484 e. The number of rotatable bonds is 8. The van der Waals surface area contributed by atoms with Crippen LogP contribution in [-0.4, -0.2) is 37.3 Å². The number of fused-ring (bicyclic) bond motifs is 1. The zero-order valence-electron chi connectivity index (χ0n) is 18.5. The van der Waals surface area contributed by atoms with Crippen LogP contribution in [0.5, 0.6) is 17.2 Å². The highest BCUT2D eigenvalue weighted by molar-refractivity contribution is 6.35. The second kappa shape index (κ2) is 11.3. The van der Waals surface area contributed by atoms with Crippen molar-refractivity contribution in [2.45, 2.75) is 6.54 Å². The summed E-state index contributed by atoms with van der Waals surface area (Å²) >= 11 is 0. The normalized spacial score (nSPS) is 11.7. The Hall–Kier alpha value is -4.86. The summed E-state index contributed by atoms with van der Waals surface area (Å²) in [5.41, 5.74) is 4.29. The number of hydrazone groups is 1. The molecular weight excluding hydrogens is 452 g/mol. The maximum Gasteiger partial charge on any atom is 0.329 e. The number of hydrogen-bond donors (Lipinski definition) is 3. The van der Waals surface area contributed by atoms with Crippen molar-refractivity contribution in [3.63, 3.8) is 0 Å². The van der Waals surface area contributed by atoms with E-state index in [0.29, 0.717) is 28.5 Å². The number of nitrogens with zero attached hydrogens (tertiary/aromatic N) is 1. The van der Waals surface area contributed by atoms with Crippen LogP contribution in [0.15, 0.2) is 77.9 Å². The van der Waals surface area contributed by atoms with Gasteiger partial charge in [0.05, 0.1) is 6.21 Å². The lowest BCUT2D eigenvalue weighted by Crippen LogP contribution is -2.37. The largest absolute Gasteiger partial charge is 0.484 e. The second-order valence-corrected chi connectivity index (χ2v) is 7.34. The van der Waals surface area contributed by atoms with Crippen LogP contribution >= 0.6 is 0 Å². The van der Waals surface area contributed by atoms with E-state index < -0.39 is 11.8 Å². The van der Waals surface area contributed by atoms with E-state index in [1.165, 1.54) is 6.21 Å². The summed E-state index contributed by atoms with van der Waals surface area (Å²) in [6.45, 7) is 0.171. The first-order valence-corrected chi connectivity index (χ1v) is 10.6. The van der Waals surface area contributed by atoms with Crippen molar-refractivity contribution in [2.75, 3.05) is 18.7 Å². The maximum atomic E-state index is 12.0. The fraction of sp³-hybridized carbons (Fsp3) is 0.120. The van der Waals surface area contributed by atoms with Crippen molar-refractivity contribution in [3.8, 4) is 17.2 Å². The Morgan fingerprint density at radius 1 is 0.914 bits per heavy atom. The highest BCUT2D eigenvalue weighted by atomic mass is 16.7. The summed E-state index contributed by atoms with van der Waals surface area (Å²) in [4.78, 5) is 35.9. The molecule has 178 valence electrons. The van der Waals surface area contributed by atoms with E-state index in [-0.39, 0.29) is 25.9 Å². The molecule has 3 aromatic rings.